The van der Waals surface area contributed by atoms with E-state index in [0.29, 0.717) is 11.5 Å². The van der Waals surface area contributed by atoms with Crippen LogP contribution in [0, 0.1) is 11.3 Å². The van der Waals surface area contributed by atoms with Gasteiger partial charge in [-0.3, -0.25) is 4.40 Å². The molecule has 0 aliphatic heterocycles. The fraction of sp³-hybridized carbons (Fsp3) is 0.222. The number of nitrogens with zero attached hydrogens (tertiary/aromatic N) is 4. The van der Waals surface area contributed by atoms with Crippen LogP contribution in [0.5, 0.6) is 0 Å². The van der Waals surface area contributed by atoms with E-state index in [1.54, 1.807) is 24.5 Å². The van der Waals surface area contributed by atoms with Gasteiger partial charge in [-0.05, 0) is 6.07 Å². The van der Waals surface area contributed by atoms with Crippen LogP contribution in [0.4, 0.5) is 0 Å². The van der Waals surface area contributed by atoms with Gasteiger partial charge in [-0.2, -0.15) is 5.26 Å². The average molecular weight is 204 g/mol. The molecule has 6 heteroatoms. The predicted molar refractivity (Wildman–Crippen MR) is 49.6 cm³/mol. The molecule has 0 radical (unpaired) electrons. The summed E-state index contributed by atoms with van der Waals surface area (Å²) >= 11 is 0. The number of nitriles is 1. The SMILES string of the molecule is N#CC(O)C(O)c1cnc2ncccn12. The lowest BCUT2D eigenvalue weighted by Gasteiger charge is -2.10. The van der Waals surface area contributed by atoms with Gasteiger partial charge in [0.2, 0.25) is 5.78 Å². The maximum absolute atomic E-state index is 9.61. The van der Waals surface area contributed by atoms with Crippen molar-refractivity contribution in [1.82, 2.24) is 14.4 Å². The van der Waals surface area contributed by atoms with Crippen molar-refractivity contribution in [2.24, 2.45) is 0 Å². The molecule has 2 atom stereocenters. The van der Waals surface area contributed by atoms with Gasteiger partial charge < -0.3 is 10.2 Å². The van der Waals surface area contributed by atoms with E-state index in [2.05, 4.69) is 9.97 Å². The molecule has 0 amide bonds. The van der Waals surface area contributed by atoms with Crippen molar-refractivity contribution in [3.63, 3.8) is 0 Å². The van der Waals surface area contributed by atoms with Crippen LogP contribution in [0.3, 0.4) is 0 Å². The van der Waals surface area contributed by atoms with Crippen LogP contribution in [0.25, 0.3) is 5.78 Å². The van der Waals surface area contributed by atoms with Crippen molar-refractivity contribution < 1.29 is 10.2 Å². The number of hydrogen-bond donors (Lipinski definition) is 2. The lowest BCUT2D eigenvalue weighted by molar-refractivity contribution is 0.0493. The second kappa shape index (κ2) is 3.65. The zero-order chi connectivity index (χ0) is 10.8. The van der Waals surface area contributed by atoms with Gasteiger partial charge in [0.1, 0.15) is 6.10 Å². The molecular formula is C9H8N4O2. The number of aromatic nitrogens is 3. The largest absolute Gasteiger partial charge is 0.383 e. The Bertz CT molecular complexity index is 516. The molecule has 0 saturated carbocycles. The molecule has 2 aromatic heterocycles. The Kier molecular flexibility index (Phi) is 2.33. The molecule has 0 fully saturated rings. The maximum atomic E-state index is 9.61. The minimum Gasteiger partial charge on any atom is -0.383 e. The fourth-order valence-corrected chi connectivity index (χ4v) is 1.30. The molecule has 6 nitrogen and oxygen atoms in total. The summed E-state index contributed by atoms with van der Waals surface area (Å²) in [5, 5.41) is 27.3. The third kappa shape index (κ3) is 1.54. The summed E-state index contributed by atoms with van der Waals surface area (Å²) in [6.45, 7) is 0. The first kappa shape index (κ1) is 9.58. The van der Waals surface area contributed by atoms with Crippen LogP contribution in [0.15, 0.2) is 24.7 Å². The van der Waals surface area contributed by atoms with Crippen molar-refractivity contribution in [3.8, 4) is 6.07 Å². The van der Waals surface area contributed by atoms with Crippen molar-refractivity contribution in [2.45, 2.75) is 12.2 Å². The van der Waals surface area contributed by atoms with Crippen LogP contribution >= 0.6 is 0 Å². The van der Waals surface area contributed by atoms with E-state index >= 15 is 0 Å². The molecule has 2 N–H and O–H groups in total. The zero-order valence-electron chi connectivity index (χ0n) is 7.65. The predicted octanol–water partition coefficient (Wildman–Crippen LogP) is -0.353. The summed E-state index contributed by atoms with van der Waals surface area (Å²) in [6, 6.07) is 3.23. The molecule has 0 aliphatic carbocycles. The summed E-state index contributed by atoms with van der Waals surface area (Å²) in [7, 11) is 0. The molecule has 0 aliphatic rings. The molecule has 0 saturated heterocycles. The second-order valence-corrected chi connectivity index (χ2v) is 2.99. The normalized spacial score (nSPS) is 14.7. The Morgan fingerprint density at radius 1 is 1.40 bits per heavy atom. The van der Waals surface area contributed by atoms with Crippen LogP contribution < -0.4 is 0 Å². The topological polar surface area (TPSA) is 94.4 Å². The smallest absolute Gasteiger partial charge is 0.233 e. The van der Waals surface area contributed by atoms with Crippen molar-refractivity contribution in [2.75, 3.05) is 0 Å². The van der Waals surface area contributed by atoms with E-state index in [9.17, 15) is 10.2 Å². The van der Waals surface area contributed by atoms with Gasteiger partial charge in [-0.25, -0.2) is 9.97 Å². The Morgan fingerprint density at radius 2 is 2.20 bits per heavy atom. The van der Waals surface area contributed by atoms with Gasteiger partial charge in [0.15, 0.2) is 6.10 Å². The number of fused-ring (bicyclic) bond motifs is 1. The number of aliphatic hydroxyl groups is 2. The summed E-state index contributed by atoms with van der Waals surface area (Å²) in [4.78, 5) is 7.87. The van der Waals surface area contributed by atoms with Crippen LogP contribution in [-0.2, 0) is 0 Å². The zero-order valence-corrected chi connectivity index (χ0v) is 7.65. The highest BCUT2D eigenvalue weighted by atomic mass is 16.3. The van der Waals surface area contributed by atoms with Crippen molar-refractivity contribution in [1.29, 1.82) is 5.26 Å². The van der Waals surface area contributed by atoms with Gasteiger partial charge in [-0.15, -0.1) is 0 Å². The van der Waals surface area contributed by atoms with Gasteiger partial charge in [0.25, 0.3) is 0 Å². The standard InChI is InChI=1S/C9H8N4O2/c10-4-7(14)8(15)6-5-12-9-11-2-1-3-13(6)9/h1-3,5,7-8,14-15H. The van der Waals surface area contributed by atoms with Gasteiger partial charge in [0, 0.05) is 12.4 Å². The van der Waals surface area contributed by atoms with E-state index in [1.165, 1.54) is 10.6 Å². The third-order valence-corrected chi connectivity index (χ3v) is 2.05. The Morgan fingerprint density at radius 3 is 2.93 bits per heavy atom. The second-order valence-electron chi connectivity index (χ2n) is 2.99. The maximum Gasteiger partial charge on any atom is 0.233 e. The first-order chi connectivity index (χ1) is 7.24. The minimum absolute atomic E-state index is 0.340. The quantitative estimate of drug-likeness (QED) is 0.652. The molecule has 2 heterocycles. The monoisotopic (exact) mass is 204 g/mol. The van der Waals surface area contributed by atoms with E-state index in [0.717, 1.165) is 0 Å². The summed E-state index contributed by atoms with van der Waals surface area (Å²) in [5.74, 6) is 0.414. The Labute approximate surface area is 85.1 Å². The van der Waals surface area contributed by atoms with Crippen LogP contribution in [0.1, 0.15) is 11.8 Å². The molecule has 2 rings (SSSR count). The first-order valence-corrected chi connectivity index (χ1v) is 4.28. The van der Waals surface area contributed by atoms with E-state index < -0.39 is 12.2 Å². The molecule has 0 spiro atoms. The van der Waals surface area contributed by atoms with E-state index in [4.69, 9.17) is 5.26 Å². The summed E-state index contributed by atoms with van der Waals surface area (Å²) in [6.07, 6.45) is 1.85. The van der Waals surface area contributed by atoms with Crippen molar-refractivity contribution >= 4 is 5.78 Å². The van der Waals surface area contributed by atoms with Gasteiger partial charge in [0.05, 0.1) is 18.0 Å². The number of aliphatic hydroxyl groups excluding tert-OH is 2. The number of rotatable bonds is 2. The number of imidazole rings is 1. The highest BCUT2D eigenvalue weighted by Gasteiger charge is 2.21. The molecule has 76 valence electrons. The van der Waals surface area contributed by atoms with Gasteiger partial charge >= 0.3 is 0 Å². The lowest BCUT2D eigenvalue weighted by atomic mass is 10.2. The van der Waals surface area contributed by atoms with E-state index in [1.807, 2.05) is 0 Å². The third-order valence-electron chi connectivity index (χ3n) is 2.05. The average Bonchev–Trinajstić information content (AvgIpc) is 2.70. The highest BCUT2D eigenvalue weighted by molar-refractivity contribution is 5.31. The van der Waals surface area contributed by atoms with E-state index in [-0.39, 0.29) is 0 Å². The molecule has 2 aromatic rings. The highest BCUT2D eigenvalue weighted by Crippen LogP contribution is 2.16. The summed E-state index contributed by atoms with van der Waals surface area (Å²) in [5.41, 5.74) is 0.340. The van der Waals surface area contributed by atoms with Crippen molar-refractivity contribution in [3.05, 3.63) is 30.4 Å². The lowest BCUT2D eigenvalue weighted by Crippen LogP contribution is -2.17. The number of hydrogen-bond acceptors (Lipinski definition) is 5. The Balaban J connectivity index is 2.49. The minimum atomic E-state index is -1.47. The fourth-order valence-electron chi connectivity index (χ4n) is 1.30. The van der Waals surface area contributed by atoms with Crippen LogP contribution in [-0.4, -0.2) is 30.7 Å². The van der Waals surface area contributed by atoms with Gasteiger partial charge in [-0.1, -0.05) is 0 Å². The molecule has 2 unspecified atom stereocenters. The molecule has 15 heavy (non-hydrogen) atoms. The summed E-state index contributed by atoms with van der Waals surface area (Å²) < 4.78 is 1.52. The molecule has 0 aromatic carbocycles. The van der Waals surface area contributed by atoms with Crippen LogP contribution in [0.2, 0.25) is 0 Å². The molecule has 0 bridgehead atoms. The first-order valence-electron chi connectivity index (χ1n) is 4.28. The molecular weight excluding hydrogens is 196 g/mol. The Hall–Kier alpha value is -1.97.